The van der Waals surface area contributed by atoms with E-state index in [-0.39, 0.29) is 23.3 Å². The van der Waals surface area contributed by atoms with Gasteiger partial charge >= 0.3 is 6.18 Å². The third-order valence-corrected chi connectivity index (χ3v) is 8.83. The van der Waals surface area contributed by atoms with Crippen LogP contribution in [0, 0.1) is 0 Å². The molecule has 1 unspecified atom stereocenters. The molecular formula is C28H30F3N9O2S. The summed E-state index contributed by atoms with van der Waals surface area (Å²) in [5.74, 6) is -0.322. The van der Waals surface area contributed by atoms with Crippen LogP contribution >= 0.6 is 11.8 Å². The molecule has 2 aliphatic heterocycles. The van der Waals surface area contributed by atoms with Crippen LogP contribution in [0.25, 0.3) is 22.3 Å². The highest BCUT2D eigenvalue weighted by Crippen LogP contribution is 2.38. The van der Waals surface area contributed by atoms with Crippen molar-refractivity contribution in [2.24, 2.45) is 0 Å². The van der Waals surface area contributed by atoms with Crippen LogP contribution in [0.15, 0.2) is 53.8 Å². The molecule has 0 radical (unpaired) electrons. The Balaban J connectivity index is 1.16. The number of nitrogens with two attached hydrogens (primary N) is 1. The van der Waals surface area contributed by atoms with E-state index in [4.69, 9.17) is 10.8 Å². The zero-order chi connectivity index (χ0) is 30.3. The van der Waals surface area contributed by atoms with Gasteiger partial charge in [-0.3, -0.25) is 14.5 Å². The van der Waals surface area contributed by atoms with Crippen LogP contribution in [0.1, 0.15) is 35.7 Å². The fourth-order valence-electron chi connectivity index (χ4n) is 5.23. The number of amides is 2. The first kappa shape index (κ1) is 29.0. The van der Waals surface area contributed by atoms with Crippen molar-refractivity contribution in [1.82, 2.24) is 40.2 Å². The Morgan fingerprint density at radius 2 is 1.98 bits per heavy atom. The third-order valence-electron chi connectivity index (χ3n) is 7.74. The first-order valence-electron chi connectivity index (χ1n) is 13.8. The average Bonchev–Trinajstić information content (AvgIpc) is 3.34. The second-order valence-corrected chi connectivity index (χ2v) is 11.9. The molecule has 2 atom stereocenters. The summed E-state index contributed by atoms with van der Waals surface area (Å²) in [7, 11) is 2.06. The number of halogens is 3. The molecule has 2 fully saturated rings. The van der Waals surface area contributed by atoms with Gasteiger partial charge in [-0.05, 0) is 38.4 Å². The summed E-state index contributed by atoms with van der Waals surface area (Å²) in [6, 6.07) is 7.02. The highest BCUT2D eigenvalue weighted by molar-refractivity contribution is 8.03. The van der Waals surface area contributed by atoms with E-state index in [2.05, 4.69) is 32.5 Å². The lowest BCUT2D eigenvalue weighted by Crippen LogP contribution is -2.38. The van der Waals surface area contributed by atoms with Crippen molar-refractivity contribution in [3.05, 3.63) is 59.4 Å². The van der Waals surface area contributed by atoms with Crippen LogP contribution in [-0.4, -0.2) is 85.8 Å². The Bertz CT molecular complexity index is 1600. The standard InChI is InChI=1S/C28H30F3N9O2S/c1-38(18-8-9-18)11-2-3-21(41)39-12-10-19(14-39)40-25-22(24(32)34-15-35-25)23(37-40)16-4-6-17(7-5-16)26(42)36-27-33-13-20(43-27)28(29,30)31/h2-7,13,15,18-19,27,33H,8-12,14H2,1H3,(H,36,42)(H2,32,34,35)/b3-2+/t19-,27?/m1/s1. The largest absolute Gasteiger partial charge is 0.423 e. The number of benzene rings is 1. The molecule has 3 aromatic rings. The highest BCUT2D eigenvalue weighted by Gasteiger charge is 2.39. The number of likely N-dealkylation sites (N-methyl/N-ethyl adjacent to an activating group) is 1. The summed E-state index contributed by atoms with van der Waals surface area (Å²) in [6.07, 6.45) is 4.40. The fourth-order valence-corrected chi connectivity index (χ4v) is 6.06. The van der Waals surface area contributed by atoms with Gasteiger partial charge in [0.05, 0.1) is 11.4 Å². The molecule has 2 amide bonds. The second-order valence-electron chi connectivity index (χ2n) is 10.8. The molecule has 3 aliphatic rings. The molecule has 0 spiro atoms. The number of likely N-dealkylation sites (tertiary alicyclic amines) is 1. The summed E-state index contributed by atoms with van der Waals surface area (Å²) < 4.78 is 40.5. The minimum Gasteiger partial charge on any atom is -0.383 e. The number of nitrogen functional groups attached to an aromatic ring is 1. The van der Waals surface area contributed by atoms with Crippen LogP contribution in [0.2, 0.25) is 0 Å². The Hall–Kier alpha value is -4.11. The Kier molecular flexibility index (Phi) is 7.77. The number of nitrogens with zero attached hydrogens (tertiary/aromatic N) is 6. The summed E-state index contributed by atoms with van der Waals surface area (Å²) in [4.78, 5) is 37.4. The number of nitrogens with one attached hydrogen (secondary N) is 2. The van der Waals surface area contributed by atoms with Gasteiger partial charge in [-0.2, -0.15) is 18.3 Å². The van der Waals surface area contributed by atoms with E-state index in [0.29, 0.717) is 59.6 Å². The number of rotatable bonds is 8. The predicted molar refractivity (Wildman–Crippen MR) is 156 cm³/mol. The minimum absolute atomic E-state index is 0.0389. The minimum atomic E-state index is -4.48. The van der Waals surface area contributed by atoms with Crippen molar-refractivity contribution >= 4 is 40.4 Å². The summed E-state index contributed by atoms with van der Waals surface area (Å²) in [5.41, 5.74) is 7.32. The van der Waals surface area contributed by atoms with Crippen molar-refractivity contribution in [3.8, 4) is 11.3 Å². The number of aromatic nitrogens is 4. The molecule has 4 heterocycles. The van der Waals surface area contributed by atoms with E-state index in [0.717, 1.165) is 12.7 Å². The van der Waals surface area contributed by atoms with Crippen molar-refractivity contribution in [2.75, 3.05) is 32.4 Å². The Labute approximate surface area is 249 Å². The molecule has 0 bridgehead atoms. The van der Waals surface area contributed by atoms with Crippen LogP contribution in [0.3, 0.4) is 0 Å². The zero-order valence-corrected chi connectivity index (χ0v) is 24.0. The number of anilines is 1. The van der Waals surface area contributed by atoms with Gasteiger partial charge in [0.2, 0.25) is 5.91 Å². The normalized spacial score (nSPS) is 20.7. The van der Waals surface area contributed by atoms with E-state index in [9.17, 15) is 22.8 Å². The maximum absolute atomic E-state index is 12.9. The zero-order valence-electron chi connectivity index (χ0n) is 23.2. The highest BCUT2D eigenvalue weighted by atomic mass is 32.2. The van der Waals surface area contributed by atoms with Crippen LogP contribution < -0.4 is 16.4 Å². The molecular weight excluding hydrogens is 583 g/mol. The Morgan fingerprint density at radius 1 is 1.21 bits per heavy atom. The SMILES string of the molecule is CN(C/C=C/C(=O)N1CC[C@@H](n2nc(-c3ccc(C(=O)NC4NC=C(C(F)(F)F)S4)cc3)c3c(N)ncnc32)C1)C1CC1. The first-order chi connectivity index (χ1) is 20.6. The van der Waals surface area contributed by atoms with Gasteiger partial charge in [0, 0.05) is 49.1 Å². The lowest BCUT2D eigenvalue weighted by Gasteiger charge is -2.16. The number of alkyl halides is 3. The Morgan fingerprint density at radius 3 is 2.67 bits per heavy atom. The van der Waals surface area contributed by atoms with Gasteiger partial charge in [0.1, 0.15) is 22.7 Å². The molecule has 11 nitrogen and oxygen atoms in total. The fraction of sp³-hybridized carbons (Fsp3) is 0.393. The van der Waals surface area contributed by atoms with Crippen molar-refractivity contribution < 1.29 is 22.8 Å². The van der Waals surface area contributed by atoms with Gasteiger partial charge in [0.25, 0.3) is 5.91 Å². The smallest absolute Gasteiger partial charge is 0.383 e. The van der Waals surface area contributed by atoms with Crippen LogP contribution in [0.4, 0.5) is 19.0 Å². The molecule has 1 aliphatic carbocycles. The van der Waals surface area contributed by atoms with Crippen molar-refractivity contribution in [2.45, 2.75) is 43.0 Å². The summed E-state index contributed by atoms with van der Waals surface area (Å²) in [6.45, 7) is 1.80. The number of thioether (sulfide) groups is 1. The van der Waals surface area contributed by atoms with Crippen molar-refractivity contribution in [1.29, 1.82) is 0 Å². The first-order valence-corrected chi connectivity index (χ1v) is 14.7. The number of carbonyl (C=O) groups is 2. The third kappa shape index (κ3) is 6.18. The molecule has 15 heteroatoms. The quantitative estimate of drug-likeness (QED) is 0.328. The van der Waals surface area contributed by atoms with Gasteiger partial charge in [-0.25, -0.2) is 14.6 Å². The van der Waals surface area contributed by atoms with Crippen molar-refractivity contribution in [3.63, 3.8) is 0 Å². The monoisotopic (exact) mass is 613 g/mol. The molecule has 1 aromatic carbocycles. The maximum Gasteiger partial charge on any atom is 0.423 e. The van der Waals surface area contributed by atoms with E-state index >= 15 is 0 Å². The number of fused-ring (bicyclic) bond motifs is 1. The average molecular weight is 614 g/mol. The van der Waals surface area contributed by atoms with Gasteiger partial charge in [0.15, 0.2) is 11.1 Å². The molecule has 43 heavy (non-hydrogen) atoms. The van der Waals surface area contributed by atoms with E-state index in [1.165, 1.54) is 19.2 Å². The molecule has 6 rings (SSSR count). The molecule has 2 aromatic heterocycles. The second kappa shape index (κ2) is 11.5. The van der Waals surface area contributed by atoms with Crippen LogP contribution in [0.5, 0.6) is 0 Å². The van der Waals surface area contributed by atoms with Gasteiger partial charge in [-0.1, -0.05) is 30.0 Å². The van der Waals surface area contributed by atoms with E-state index in [1.807, 2.05) is 6.08 Å². The lowest BCUT2D eigenvalue weighted by atomic mass is 10.1. The van der Waals surface area contributed by atoms with E-state index < -0.39 is 22.5 Å². The molecule has 226 valence electrons. The maximum atomic E-state index is 12.9. The van der Waals surface area contributed by atoms with Gasteiger partial charge < -0.3 is 21.3 Å². The molecule has 4 N–H and O–H groups in total. The van der Waals surface area contributed by atoms with E-state index in [1.54, 1.807) is 39.9 Å². The summed E-state index contributed by atoms with van der Waals surface area (Å²) in [5, 5.41) is 10.5. The molecule has 1 saturated heterocycles. The lowest BCUT2D eigenvalue weighted by molar-refractivity contribution is -0.125. The van der Waals surface area contributed by atoms with Crippen LogP contribution in [-0.2, 0) is 4.79 Å². The van der Waals surface area contributed by atoms with Gasteiger partial charge in [-0.15, -0.1) is 0 Å². The summed E-state index contributed by atoms with van der Waals surface area (Å²) >= 11 is 0.491. The topological polar surface area (TPSA) is 134 Å². The number of hydrogen-bond acceptors (Lipinski definition) is 9. The number of carbonyl (C=O) groups excluding carboxylic acids is 2. The number of allylic oxidation sites excluding steroid dienone is 1. The molecule has 1 saturated carbocycles. The predicted octanol–water partition coefficient (Wildman–Crippen LogP) is 3.25. The number of hydrogen-bond donors (Lipinski definition) is 3.